The number of ether oxygens (including phenoxy) is 1. The van der Waals surface area contributed by atoms with Gasteiger partial charge in [-0.15, -0.1) is 12.4 Å². The molecule has 0 radical (unpaired) electrons. The van der Waals surface area contributed by atoms with Crippen molar-refractivity contribution in [3.8, 4) is 23.1 Å². The Kier molecular flexibility index (Phi) is 7.02. The molecule has 0 amide bonds. The van der Waals surface area contributed by atoms with Crippen LogP contribution in [0.5, 0.6) is 5.75 Å². The van der Waals surface area contributed by atoms with Crippen molar-refractivity contribution in [2.45, 2.75) is 24.8 Å². The SMILES string of the molecule is COc1cc(N(C)CCN(C)C)c(N)cc1Nc1nccc(-c2cn(C34CC(C#N)(C3)C4)c3ccccc23)n1.Cl. The summed E-state index contributed by atoms with van der Waals surface area (Å²) in [5, 5.41) is 14.0. The summed E-state index contributed by atoms with van der Waals surface area (Å²) in [5.41, 5.74) is 11.7. The van der Waals surface area contributed by atoms with Crippen molar-refractivity contribution < 1.29 is 4.74 Å². The molecule has 3 fully saturated rings. The summed E-state index contributed by atoms with van der Waals surface area (Å²) in [6.45, 7) is 1.75. The first-order chi connectivity index (χ1) is 18.8. The average Bonchev–Trinajstić information content (AvgIpc) is 3.26. The van der Waals surface area contributed by atoms with E-state index in [0.29, 0.717) is 23.1 Å². The zero-order valence-corrected chi connectivity index (χ0v) is 24.1. The van der Waals surface area contributed by atoms with Crippen LogP contribution in [0.4, 0.5) is 23.0 Å². The lowest BCUT2D eigenvalue weighted by atomic mass is 9.40. The number of para-hydroxylation sites is 1. The lowest BCUT2D eigenvalue weighted by Crippen LogP contribution is -2.66. The number of hydrogen-bond donors (Lipinski definition) is 2. The fraction of sp³-hybridized carbons (Fsp3) is 0.367. The topological polar surface area (TPSA) is 108 Å². The third-order valence-corrected chi connectivity index (χ3v) is 8.28. The van der Waals surface area contributed by atoms with E-state index in [2.05, 4.69) is 75.3 Å². The van der Waals surface area contributed by atoms with E-state index in [4.69, 9.17) is 15.5 Å². The van der Waals surface area contributed by atoms with Crippen LogP contribution in [0, 0.1) is 16.7 Å². The van der Waals surface area contributed by atoms with Crippen LogP contribution in [-0.4, -0.2) is 60.8 Å². The average molecular weight is 559 g/mol. The molecule has 0 unspecified atom stereocenters. The summed E-state index contributed by atoms with van der Waals surface area (Å²) in [7, 11) is 7.78. The monoisotopic (exact) mass is 558 g/mol. The summed E-state index contributed by atoms with van der Waals surface area (Å²) < 4.78 is 8.08. The zero-order valence-electron chi connectivity index (χ0n) is 23.3. The number of hydrogen-bond acceptors (Lipinski definition) is 8. The van der Waals surface area contributed by atoms with Crippen LogP contribution in [0.3, 0.4) is 0 Å². The van der Waals surface area contributed by atoms with Gasteiger partial charge in [-0.2, -0.15) is 5.26 Å². The summed E-state index contributed by atoms with van der Waals surface area (Å²) >= 11 is 0. The van der Waals surface area contributed by atoms with Crippen molar-refractivity contribution in [2.24, 2.45) is 5.41 Å². The first kappa shape index (κ1) is 27.6. The summed E-state index contributed by atoms with van der Waals surface area (Å²) in [6, 6.07) is 16.7. The van der Waals surface area contributed by atoms with Gasteiger partial charge < -0.3 is 30.2 Å². The summed E-state index contributed by atoms with van der Waals surface area (Å²) in [5.74, 6) is 1.13. The van der Waals surface area contributed by atoms with Gasteiger partial charge in [0.25, 0.3) is 0 Å². The molecule has 9 nitrogen and oxygen atoms in total. The Balaban J connectivity index is 0.00000323. The molecule has 3 aliphatic rings. The van der Waals surface area contributed by atoms with Crippen molar-refractivity contribution in [3.63, 3.8) is 0 Å². The molecule has 2 heterocycles. The molecule has 4 aromatic rings. The maximum atomic E-state index is 9.53. The molecule has 40 heavy (non-hydrogen) atoms. The van der Waals surface area contributed by atoms with E-state index in [1.165, 1.54) is 5.52 Å². The number of nitriles is 1. The van der Waals surface area contributed by atoms with Gasteiger partial charge in [0.1, 0.15) is 5.75 Å². The van der Waals surface area contributed by atoms with Gasteiger partial charge in [-0.05, 0) is 51.6 Å². The molecule has 0 atom stereocenters. The molecule has 10 heteroatoms. The highest BCUT2D eigenvalue weighted by Crippen LogP contribution is 2.71. The molecule has 2 bridgehead atoms. The molecule has 2 aromatic carbocycles. The van der Waals surface area contributed by atoms with Gasteiger partial charge in [0, 0.05) is 60.6 Å². The standard InChI is InChI=1S/C30H34N8O.ClH/c1-36(2)11-12-37(3)26-14-27(39-4)24(13-22(26)32)35-28-33-10-9-23(34-28)21-15-38(25-8-6-5-7-20(21)25)30-16-29(17-30,18-30)19-31;/h5-10,13-15H,11-12,16-18,32H2,1-4H3,(H,33,34,35);1H. The van der Waals surface area contributed by atoms with Crippen LogP contribution >= 0.6 is 12.4 Å². The smallest absolute Gasteiger partial charge is 0.227 e. The predicted octanol–water partition coefficient (Wildman–Crippen LogP) is 5.26. The number of benzene rings is 2. The molecule has 3 saturated carbocycles. The quantitative estimate of drug-likeness (QED) is 0.268. The number of fused-ring (bicyclic) bond motifs is 1. The normalized spacial score (nSPS) is 20.7. The lowest BCUT2D eigenvalue weighted by molar-refractivity contribution is -0.143. The van der Waals surface area contributed by atoms with Gasteiger partial charge in [0.15, 0.2) is 0 Å². The third-order valence-electron chi connectivity index (χ3n) is 8.28. The van der Waals surface area contributed by atoms with E-state index in [-0.39, 0.29) is 23.4 Å². The Hall–Kier alpha value is -4.00. The minimum atomic E-state index is -0.116. The van der Waals surface area contributed by atoms with Gasteiger partial charge in [0.05, 0.1) is 41.4 Å². The second kappa shape index (κ2) is 10.2. The van der Waals surface area contributed by atoms with Crippen molar-refractivity contribution in [2.75, 3.05) is 57.3 Å². The fourth-order valence-electron chi connectivity index (χ4n) is 6.23. The van der Waals surface area contributed by atoms with Crippen LogP contribution in [0.15, 0.2) is 54.9 Å². The molecule has 7 rings (SSSR count). The predicted molar refractivity (Wildman–Crippen MR) is 163 cm³/mol. The van der Waals surface area contributed by atoms with Crippen molar-refractivity contribution >= 4 is 46.3 Å². The molecule has 3 aliphatic carbocycles. The minimum Gasteiger partial charge on any atom is -0.494 e. The van der Waals surface area contributed by atoms with Crippen LogP contribution in [0.1, 0.15) is 19.3 Å². The highest BCUT2D eigenvalue weighted by molar-refractivity contribution is 5.95. The van der Waals surface area contributed by atoms with E-state index < -0.39 is 0 Å². The Morgan fingerprint density at radius 3 is 2.58 bits per heavy atom. The maximum absolute atomic E-state index is 9.53. The number of likely N-dealkylation sites (N-methyl/N-ethyl adjacent to an activating group) is 2. The first-order valence-corrected chi connectivity index (χ1v) is 13.2. The number of nitrogens with one attached hydrogen (secondary N) is 1. The van der Waals surface area contributed by atoms with Crippen molar-refractivity contribution in [3.05, 3.63) is 54.9 Å². The lowest BCUT2D eigenvalue weighted by Gasteiger charge is -2.67. The van der Waals surface area contributed by atoms with E-state index in [1.807, 2.05) is 25.2 Å². The molecular weight excluding hydrogens is 524 g/mol. The minimum absolute atomic E-state index is 0. The van der Waals surface area contributed by atoms with Gasteiger partial charge >= 0.3 is 0 Å². The number of nitrogens with two attached hydrogens (primary N) is 1. The third kappa shape index (κ3) is 4.47. The van der Waals surface area contributed by atoms with Crippen molar-refractivity contribution in [1.29, 1.82) is 5.26 Å². The first-order valence-electron chi connectivity index (χ1n) is 13.2. The number of halogens is 1. The number of nitrogens with zero attached hydrogens (tertiary/aromatic N) is 6. The maximum Gasteiger partial charge on any atom is 0.227 e. The summed E-state index contributed by atoms with van der Waals surface area (Å²) in [4.78, 5) is 13.6. The van der Waals surface area contributed by atoms with E-state index in [9.17, 15) is 5.26 Å². The van der Waals surface area contributed by atoms with E-state index in [1.54, 1.807) is 13.3 Å². The molecule has 208 valence electrons. The van der Waals surface area contributed by atoms with E-state index in [0.717, 1.165) is 54.7 Å². The number of nitrogen functional groups attached to an aromatic ring is 1. The highest BCUT2D eigenvalue weighted by Gasteiger charge is 2.69. The second-order valence-corrected chi connectivity index (χ2v) is 11.3. The van der Waals surface area contributed by atoms with Crippen LogP contribution in [0.2, 0.25) is 0 Å². The molecule has 0 aliphatic heterocycles. The van der Waals surface area contributed by atoms with Crippen LogP contribution < -0.4 is 20.7 Å². The highest BCUT2D eigenvalue weighted by atomic mass is 35.5. The van der Waals surface area contributed by atoms with Crippen LogP contribution in [-0.2, 0) is 5.54 Å². The zero-order chi connectivity index (χ0) is 27.4. The van der Waals surface area contributed by atoms with Crippen LogP contribution in [0.25, 0.3) is 22.2 Å². The Bertz CT molecular complexity index is 1590. The van der Waals surface area contributed by atoms with Gasteiger partial charge in [-0.3, -0.25) is 0 Å². The summed E-state index contributed by atoms with van der Waals surface area (Å²) in [6.07, 6.45) is 6.74. The second-order valence-electron chi connectivity index (χ2n) is 11.3. The number of rotatable bonds is 9. The fourth-order valence-corrected chi connectivity index (χ4v) is 6.23. The Morgan fingerprint density at radius 2 is 1.88 bits per heavy atom. The molecular formula is C30H35ClN8O. The van der Waals surface area contributed by atoms with E-state index >= 15 is 0 Å². The molecule has 3 N–H and O–H groups in total. The molecule has 0 saturated heterocycles. The van der Waals surface area contributed by atoms with Gasteiger partial charge in [0.2, 0.25) is 5.95 Å². The van der Waals surface area contributed by atoms with Crippen molar-refractivity contribution in [1.82, 2.24) is 19.4 Å². The molecule has 2 aromatic heterocycles. The number of anilines is 4. The largest absolute Gasteiger partial charge is 0.494 e. The molecule has 0 spiro atoms. The van der Waals surface area contributed by atoms with Gasteiger partial charge in [-0.1, -0.05) is 18.2 Å². The Morgan fingerprint density at radius 1 is 1.12 bits per heavy atom. The number of methoxy groups -OCH3 is 1. The Labute approximate surface area is 241 Å². The number of aromatic nitrogens is 3. The van der Waals surface area contributed by atoms with Gasteiger partial charge in [-0.25, -0.2) is 9.97 Å².